The van der Waals surface area contributed by atoms with E-state index in [4.69, 9.17) is 14.7 Å². The van der Waals surface area contributed by atoms with Crippen molar-refractivity contribution >= 4 is 62.6 Å². The van der Waals surface area contributed by atoms with Crippen LogP contribution in [0.3, 0.4) is 0 Å². The van der Waals surface area contributed by atoms with E-state index in [1.807, 2.05) is 18.3 Å². The van der Waals surface area contributed by atoms with Gasteiger partial charge in [0.2, 0.25) is 0 Å². The van der Waals surface area contributed by atoms with E-state index in [1.165, 1.54) is 44.1 Å². The Balaban J connectivity index is 1.10. The molecule has 5 aromatic carbocycles. The lowest BCUT2D eigenvalue weighted by Gasteiger charge is -2.45. The quantitative estimate of drug-likeness (QED) is 0.133. The van der Waals surface area contributed by atoms with E-state index in [0.29, 0.717) is 0 Å². The zero-order valence-electron chi connectivity index (χ0n) is 30.9. The highest BCUT2D eigenvalue weighted by Crippen LogP contribution is 2.51. The van der Waals surface area contributed by atoms with Crippen molar-refractivity contribution in [3.8, 4) is 11.5 Å². The number of para-hydroxylation sites is 2. The first-order valence-corrected chi connectivity index (χ1v) is 18.4. The van der Waals surface area contributed by atoms with Crippen LogP contribution in [0.4, 0.5) is 22.9 Å². The van der Waals surface area contributed by atoms with Crippen molar-refractivity contribution in [2.24, 2.45) is 0 Å². The smallest absolute Gasteiger partial charge is 0.422 e. The molecule has 258 valence electrons. The number of nitrogens with zero attached hydrogens (tertiary/aromatic N) is 5. The molecule has 8 aromatic rings. The van der Waals surface area contributed by atoms with Gasteiger partial charge in [-0.2, -0.15) is 0 Å². The average Bonchev–Trinajstić information content (AvgIpc) is 3.76. The second-order valence-electron chi connectivity index (χ2n) is 15.7. The molecule has 0 saturated heterocycles. The van der Waals surface area contributed by atoms with Gasteiger partial charge in [0.25, 0.3) is 0 Å². The van der Waals surface area contributed by atoms with Crippen LogP contribution in [0.2, 0.25) is 0 Å². The average molecular weight is 690 g/mol. The molecule has 7 heteroatoms. The molecule has 0 atom stereocenters. The summed E-state index contributed by atoms with van der Waals surface area (Å²) in [7, 11) is 0. The van der Waals surface area contributed by atoms with Gasteiger partial charge in [0.15, 0.2) is 0 Å². The zero-order valence-corrected chi connectivity index (χ0v) is 30.9. The van der Waals surface area contributed by atoms with Crippen LogP contribution in [0.25, 0.3) is 27.3 Å². The minimum absolute atomic E-state index is 0.0579. The number of hydrogen-bond acceptors (Lipinski definition) is 5. The molecule has 0 unspecified atom stereocenters. The Kier molecular flexibility index (Phi) is 6.69. The van der Waals surface area contributed by atoms with Crippen molar-refractivity contribution in [3.63, 3.8) is 0 Å². The summed E-state index contributed by atoms with van der Waals surface area (Å²) in [6, 6.07) is 42.9. The Morgan fingerprint density at radius 1 is 0.604 bits per heavy atom. The van der Waals surface area contributed by atoms with Gasteiger partial charge in [0, 0.05) is 57.1 Å². The van der Waals surface area contributed by atoms with Gasteiger partial charge < -0.3 is 14.4 Å². The number of anilines is 4. The number of benzene rings is 5. The molecule has 0 aliphatic carbocycles. The molecule has 3 aromatic heterocycles. The Morgan fingerprint density at radius 3 is 2.15 bits per heavy atom. The fourth-order valence-electron chi connectivity index (χ4n) is 8.96. The van der Waals surface area contributed by atoms with E-state index in [1.54, 1.807) is 0 Å². The van der Waals surface area contributed by atoms with Gasteiger partial charge in [-0.25, -0.2) is 9.97 Å². The second kappa shape index (κ2) is 11.2. The lowest BCUT2D eigenvalue weighted by atomic mass is 9.61. The van der Waals surface area contributed by atoms with Crippen molar-refractivity contribution in [3.05, 3.63) is 156 Å². The van der Waals surface area contributed by atoms with Crippen LogP contribution in [-0.2, 0) is 10.8 Å². The lowest BCUT2D eigenvalue weighted by molar-refractivity contribution is 0.288. The SMILES string of the molecule is Cc1cccc(C)c1B1N(c2ccccc2)c2cccnc2N1c1cccc(Oc2ccc3c(c2)c2ncc4n2c2c(cccc32)C(C)(C)C4(C)C)c1. The van der Waals surface area contributed by atoms with E-state index >= 15 is 0 Å². The third-order valence-corrected chi connectivity index (χ3v) is 12.3. The predicted molar refractivity (Wildman–Crippen MR) is 219 cm³/mol. The predicted octanol–water partition coefficient (Wildman–Crippen LogP) is 10.7. The standard InChI is InChI=1S/C46H40BN5O/c1-29-14-10-15-30(2)41(29)47-51(31-16-8-7-9-17-31)39-22-13-25-48-44(39)52(47)32-18-11-19-33(26-32)53-34-23-24-35-36-20-12-21-38-42(36)50-40(46(5,6)45(38,3)4)28-49-43(50)37(35)27-34/h7-28H,1-6H3. The van der Waals surface area contributed by atoms with Gasteiger partial charge in [-0.1, -0.05) is 99.5 Å². The number of rotatable bonds is 5. The molecule has 53 heavy (non-hydrogen) atoms. The van der Waals surface area contributed by atoms with Crippen LogP contribution in [0.5, 0.6) is 11.5 Å². The fourth-order valence-corrected chi connectivity index (χ4v) is 8.96. The van der Waals surface area contributed by atoms with Crippen molar-refractivity contribution in [2.75, 3.05) is 9.62 Å². The minimum Gasteiger partial charge on any atom is -0.457 e. The van der Waals surface area contributed by atoms with Crippen molar-refractivity contribution in [1.29, 1.82) is 0 Å². The molecule has 0 spiro atoms. The molecule has 0 N–H and O–H groups in total. The number of fused-ring (bicyclic) bond motifs is 4. The Hall–Kier alpha value is -6.08. The first-order valence-electron chi connectivity index (χ1n) is 18.4. The summed E-state index contributed by atoms with van der Waals surface area (Å²) in [6.45, 7) is 13.6. The summed E-state index contributed by atoms with van der Waals surface area (Å²) in [4.78, 5) is 14.8. The highest BCUT2D eigenvalue weighted by atomic mass is 16.5. The van der Waals surface area contributed by atoms with Crippen LogP contribution < -0.4 is 19.8 Å². The topological polar surface area (TPSA) is 45.9 Å². The molecule has 5 heterocycles. The maximum absolute atomic E-state index is 6.76. The van der Waals surface area contributed by atoms with Crippen LogP contribution >= 0.6 is 0 Å². The fraction of sp³-hybridized carbons (Fsp3) is 0.174. The summed E-state index contributed by atoms with van der Waals surface area (Å²) in [5.41, 5.74) is 11.6. The summed E-state index contributed by atoms with van der Waals surface area (Å²) >= 11 is 0. The summed E-state index contributed by atoms with van der Waals surface area (Å²) in [5.74, 6) is 2.43. The van der Waals surface area contributed by atoms with E-state index in [-0.39, 0.29) is 17.8 Å². The molecular weight excluding hydrogens is 649 g/mol. The minimum atomic E-state index is -0.159. The van der Waals surface area contributed by atoms with E-state index in [9.17, 15) is 0 Å². The third kappa shape index (κ3) is 4.40. The Labute approximate surface area is 310 Å². The largest absolute Gasteiger partial charge is 0.457 e. The molecule has 0 amide bonds. The maximum atomic E-state index is 6.76. The van der Waals surface area contributed by atoms with E-state index < -0.39 is 0 Å². The molecule has 6 nitrogen and oxygen atoms in total. The second-order valence-corrected chi connectivity index (χ2v) is 15.7. The van der Waals surface area contributed by atoms with Gasteiger partial charge in [-0.15, -0.1) is 0 Å². The molecule has 2 aliphatic rings. The highest BCUT2D eigenvalue weighted by molar-refractivity contribution is 6.85. The summed E-state index contributed by atoms with van der Waals surface area (Å²) in [6.07, 6.45) is 3.96. The third-order valence-electron chi connectivity index (χ3n) is 12.3. The van der Waals surface area contributed by atoms with Crippen molar-refractivity contribution in [1.82, 2.24) is 14.4 Å². The van der Waals surface area contributed by atoms with Gasteiger partial charge in [0.05, 0.1) is 11.2 Å². The number of imidazole rings is 1. The summed E-state index contributed by atoms with van der Waals surface area (Å²) < 4.78 is 9.15. The normalized spacial score (nSPS) is 15.5. The molecular formula is C46H40BN5O. The van der Waals surface area contributed by atoms with E-state index in [0.717, 1.165) is 45.4 Å². The lowest BCUT2D eigenvalue weighted by Crippen LogP contribution is -2.55. The molecule has 10 rings (SSSR count). The Bertz CT molecular complexity index is 2750. The molecule has 2 aliphatic heterocycles. The van der Waals surface area contributed by atoms with Crippen molar-refractivity contribution < 1.29 is 4.74 Å². The molecule has 0 saturated carbocycles. The maximum Gasteiger partial charge on any atom is 0.422 e. The monoisotopic (exact) mass is 689 g/mol. The molecule has 0 radical (unpaired) electrons. The van der Waals surface area contributed by atoms with Gasteiger partial charge >= 0.3 is 6.98 Å². The van der Waals surface area contributed by atoms with Gasteiger partial charge in [-0.05, 0) is 84.9 Å². The van der Waals surface area contributed by atoms with Crippen molar-refractivity contribution in [2.45, 2.75) is 52.4 Å². The molecule has 0 fully saturated rings. The van der Waals surface area contributed by atoms with Crippen LogP contribution in [0.1, 0.15) is 50.1 Å². The number of hydrogen-bond donors (Lipinski definition) is 0. The Morgan fingerprint density at radius 2 is 1.34 bits per heavy atom. The number of aromatic nitrogens is 3. The highest BCUT2D eigenvalue weighted by Gasteiger charge is 2.47. The first-order chi connectivity index (χ1) is 25.6. The molecule has 0 bridgehead atoms. The zero-order chi connectivity index (χ0) is 36.2. The number of aryl methyl sites for hydroxylation is 2. The number of pyridine rings is 2. The van der Waals surface area contributed by atoms with Crippen LogP contribution in [0.15, 0.2) is 134 Å². The van der Waals surface area contributed by atoms with E-state index in [2.05, 4.69) is 171 Å². The van der Waals surface area contributed by atoms with Crippen LogP contribution in [-0.4, -0.2) is 21.4 Å². The first kappa shape index (κ1) is 31.6. The number of ether oxygens (including phenoxy) is 1. The van der Waals surface area contributed by atoms with Gasteiger partial charge in [-0.3, -0.25) is 4.40 Å². The van der Waals surface area contributed by atoms with Crippen LogP contribution in [0, 0.1) is 13.8 Å². The van der Waals surface area contributed by atoms with Gasteiger partial charge in [0.1, 0.15) is 23.0 Å². The summed E-state index contributed by atoms with van der Waals surface area (Å²) in [5, 5.41) is 3.50.